The standard InChI is InChI=1S/C14H16N2O2/c1-10-6-13(18-16-10)9-15-8-11-2-3-14-12(7-11)4-5-17-14/h2-3,6-7,15H,4-5,8-9H2,1H3. The Morgan fingerprint density at radius 1 is 1.28 bits per heavy atom. The summed E-state index contributed by atoms with van der Waals surface area (Å²) in [6.07, 6.45) is 1.02. The van der Waals surface area contributed by atoms with Crippen molar-refractivity contribution < 1.29 is 9.26 Å². The van der Waals surface area contributed by atoms with Crippen molar-refractivity contribution in [1.29, 1.82) is 0 Å². The van der Waals surface area contributed by atoms with Gasteiger partial charge in [0.2, 0.25) is 0 Å². The first-order valence-electron chi connectivity index (χ1n) is 6.19. The molecule has 1 aromatic heterocycles. The average molecular weight is 244 g/mol. The molecule has 0 atom stereocenters. The lowest BCUT2D eigenvalue weighted by molar-refractivity contribution is 0.356. The molecule has 0 saturated carbocycles. The molecule has 4 nitrogen and oxygen atoms in total. The van der Waals surface area contributed by atoms with Gasteiger partial charge in [-0.25, -0.2) is 0 Å². The van der Waals surface area contributed by atoms with E-state index in [1.54, 1.807) is 0 Å². The van der Waals surface area contributed by atoms with E-state index in [1.165, 1.54) is 11.1 Å². The zero-order valence-corrected chi connectivity index (χ0v) is 10.4. The van der Waals surface area contributed by atoms with Crippen molar-refractivity contribution in [2.75, 3.05) is 6.61 Å². The topological polar surface area (TPSA) is 47.3 Å². The fourth-order valence-corrected chi connectivity index (χ4v) is 2.18. The van der Waals surface area contributed by atoms with Gasteiger partial charge in [0, 0.05) is 19.0 Å². The number of nitrogens with zero attached hydrogens (tertiary/aromatic N) is 1. The van der Waals surface area contributed by atoms with Gasteiger partial charge < -0.3 is 14.6 Å². The molecule has 0 radical (unpaired) electrons. The lowest BCUT2D eigenvalue weighted by Gasteiger charge is -2.05. The Hall–Kier alpha value is -1.81. The zero-order valence-electron chi connectivity index (χ0n) is 10.4. The molecule has 1 aliphatic rings. The number of benzene rings is 1. The highest BCUT2D eigenvalue weighted by atomic mass is 16.5. The smallest absolute Gasteiger partial charge is 0.150 e. The van der Waals surface area contributed by atoms with Gasteiger partial charge in [0.05, 0.1) is 18.8 Å². The summed E-state index contributed by atoms with van der Waals surface area (Å²) in [5.41, 5.74) is 3.50. The Morgan fingerprint density at radius 2 is 2.22 bits per heavy atom. The van der Waals surface area contributed by atoms with Crippen LogP contribution < -0.4 is 10.1 Å². The molecule has 1 aliphatic heterocycles. The summed E-state index contributed by atoms with van der Waals surface area (Å²) in [4.78, 5) is 0. The van der Waals surface area contributed by atoms with Crippen molar-refractivity contribution >= 4 is 0 Å². The second-order valence-electron chi connectivity index (χ2n) is 4.58. The molecule has 0 bridgehead atoms. The van der Waals surface area contributed by atoms with Crippen LogP contribution in [0.25, 0.3) is 0 Å². The molecule has 94 valence electrons. The Kier molecular flexibility index (Phi) is 3.02. The highest BCUT2D eigenvalue weighted by Gasteiger charge is 2.11. The van der Waals surface area contributed by atoms with Crippen LogP contribution in [0.1, 0.15) is 22.6 Å². The van der Waals surface area contributed by atoms with Gasteiger partial charge in [-0.3, -0.25) is 0 Å². The van der Waals surface area contributed by atoms with Crippen LogP contribution in [0.15, 0.2) is 28.8 Å². The number of aryl methyl sites for hydroxylation is 1. The Bertz CT molecular complexity index is 548. The summed E-state index contributed by atoms with van der Waals surface area (Å²) in [5.74, 6) is 1.90. The third-order valence-electron chi connectivity index (χ3n) is 3.06. The maximum Gasteiger partial charge on any atom is 0.150 e. The van der Waals surface area contributed by atoms with Crippen LogP contribution in [-0.2, 0) is 19.5 Å². The largest absolute Gasteiger partial charge is 0.493 e. The second kappa shape index (κ2) is 4.82. The molecule has 0 spiro atoms. The molecule has 0 saturated heterocycles. The van der Waals surface area contributed by atoms with Crippen LogP contribution >= 0.6 is 0 Å². The third kappa shape index (κ3) is 2.38. The van der Waals surface area contributed by atoms with Gasteiger partial charge in [-0.2, -0.15) is 0 Å². The van der Waals surface area contributed by atoms with Crippen molar-refractivity contribution in [3.63, 3.8) is 0 Å². The van der Waals surface area contributed by atoms with Crippen LogP contribution in [0.3, 0.4) is 0 Å². The van der Waals surface area contributed by atoms with Gasteiger partial charge in [0.25, 0.3) is 0 Å². The van der Waals surface area contributed by atoms with Crippen LogP contribution in [0.5, 0.6) is 5.75 Å². The van der Waals surface area contributed by atoms with Gasteiger partial charge in [-0.15, -0.1) is 0 Å². The quantitative estimate of drug-likeness (QED) is 0.895. The lowest BCUT2D eigenvalue weighted by atomic mass is 10.1. The van der Waals surface area contributed by atoms with Crippen LogP contribution in [0.2, 0.25) is 0 Å². The normalized spacial score (nSPS) is 13.4. The molecular formula is C14H16N2O2. The number of rotatable bonds is 4. The molecule has 3 rings (SSSR count). The Morgan fingerprint density at radius 3 is 3.06 bits per heavy atom. The molecule has 0 unspecified atom stereocenters. The van der Waals surface area contributed by atoms with E-state index < -0.39 is 0 Å². The number of nitrogens with one attached hydrogen (secondary N) is 1. The van der Waals surface area contributed by atoms with Gasteiger partial charge in [0.1, 0.15) is 5.75 Å². The minimum atomic E-state index is 0.703. The summed E-state index contributed by atoms with van der Waals surface area (Å²) >= 11 is 0. The fourth-order valence-electron chi connectivity index (χ4n) is 2.18. The molecule has 1 aromatic carbocycles. The highest BCUT2D eigenvalue weighted by Crippen LogP contribution is 2.25. The van der Waals surface area contributed by atoms with E-state index in [0.29, 0.717) is 6.54 Å². The first-order valence-corrected chi connectivity index (χ1v) is 6.19. The summed E-state index contributed by atoms with van der Waals surface area (Å²) in [7, 11) is 0. The van der Waals surface area contributed by atoms with Crippen molar-refractivity contribution in [3.8, 4) is 5.75 Å². The SMILES string of the molecule is Cc1cc(CNCc2ccc3c(c2)CCO3)on1. The van der Waals surface area contributed by atoms with Crippen LogP contribution in [0, 0.1) is 6.92 Å². The van der Waals surface area contributed by atoms with E-state index in [-0.39, 0.29) is 0 Å². The summed E-state index contributed by atoms with van der Waals surface area (Å²) in [5, 5.41) is 7.21. The van der Waals surface area contributed by atoms with Gasteiger partial charge >= 0.3 is 0 Å². The van der Waals surface area contributed by atoms with Crippen molar-refractivity contribution in [1.82, 2.24) is 10.5 Å². The summed E-state index contributed by atoms with van der Waals surface area (Å²) in [6.45, 7) is 4.26. The minimum absolute atomic E-state index is 0.703. The molecule has 4 heteroatoms. The second-order valence-corrected chi connectivity index (χ2v) is 4.58. The number of hydrogen-bond donors (Lipinski definition) is 1. The number of hydrogen-bond acceptors (Lipinski definition) is 4. The third-order valence-corrected chi connectivity index (χ3v) is 3.06. The summed E-state index contributed by atoms with van der Waals surface area (Å²) < 4.78 is 10.6. The first-order chi connectivity index (χ1) is 8.81. The van der Waals surface area contributed by atoms with Gasteiger partial charge in [0.15, 0.2) is 5.76 Å². The predicted molar refractivity (Wildman–Crippen MR) is 67.4 cm³/mol. The van der Waals surface area contributed by atoms with E-state index in [1.807, 2.05) is 13.0 Å². The molecule has 0 aliphatic carbocycles. The highest BCUT2D eigenvalue weighted by molar-refractivity contribution is 5.39. The molecule has 1 N–H and O–H groups in total. The molecule has 2 heterocycles. The van der Waals surface area contributed by atoms with Crippen LogP contribution in [0.4, 0.5) is 0 Å². The van der Waals surface area contributed by atoms with E-state index >= 15 is 0 Å². The van der Waals surface area contributed by atoms with E-state index in [9.17, 15) is 0 Å². The first kappa shape index (κ1) is 11.3. The maximum absolute atomic E-state index is 5.49. The Balaban J connectivity index is 1.57. The number of ether oxygens (including phenoxy) is 1. The van der Waals surface area contributed by atoms with E-state index in [0.717, 1.165) is 36.8 Å². The number of fused-ring (bicyclic) bond motifs is 1. The molecule has 0 amide bonds. The minimum Gasteiger partial charge on any atom is -0.493 e. The van der Waals surface area contributed by atoms with Crippen molar-refractivity contribution in [2.45, 2.75) is 26.4 Å². The lowest BCUT2D eigenvalue weighted by Crippen LogP contribution is -2.12. The molecule has 2 aromatic rings. The maximum atomic E-state index is 5.49. The van der Waals surface area contributed by atoms with Crippen molar-refractivity contribution in [3.05, 3.63) is 46.8 Å². The van der Waals surface area contributed by atoms with E-state index in [2.05, 4.69) is 28.7 Å². The zero-order chi connectivity index (χ0) is 12.4. The molecule has 0 fully saturated rings. The summed E-state index contributed by atoms with van der Waals surface area (Å²) in [6, 6.07) is 8.31. The van der Waals surface area contributed by atoms with E-state index in [4.69, 9.17) is 9.26 Å². The fraction of sp³-hybridized carbons (Fsp3) is 0.357. The predicted octanol–water partition coefficient (Wildman–Crippen LogP) is 2.21. The van der Waals surface area contributed by atoms with Gasteiger partial charge in [-0.05, 0) is 24.1 Å². The van der Waals surface area contributed by atoms with Gasteiger partial charge in [-0.1, -0.05) is 17.3 Å². The molecular weight excluding hydrogens is 228 g/mol. The average Bonchev–Trinajstić information content (AvgIpc) is 2.97. The van der Waals surface area contributed by atoms with Crippen molar-refractivity contribution in [2.24, 2.45) is 0 Å². The van der Waals surface area contributed by atoms with Crippen LogP contribution in [-0.4, -0.2) is 11.8 Å². The number of aromatic nitrogens is 1. The molecule has 18 heavy (non-hydrogen) atoms. The monoisotopic (exact) mass is 244 g/mol. The Labute approximate surface area is 106 Å².